The number of halogens is 3. The van der Waals surface area contributed by atoms with Crippen molar-refractivity contribution in [3.63, 3.8) is 0 Å². The maximum atomic E-state index is 13.3. The number of hydrogen-bond donors (Lipinski definition) is 1. The van der Waals surface area contributed by atoms with Crippen LogP contribution in [0.4, 0.5) is 13.2 Å². The molecule has 1 N–H and O–H groups in total. The van der Waals surface area contributed by atoms with Crippen LogP contribution in [0.15, 0.2) is 11.3 Å². The van der Waals surface area contributed by atoms with Crippen molar-refractivity contribution in [1.29, 1.82) is 0 Å². The molecule has 0 amide bonds. The third-order valence-corrected chi connectivity index (χ3v) is 13.3. The molecule has 4 saturated carbocycles. The number of carbonyl (C=O) groups excluding carboxylic acids is 1. The first-order chi connectivity index (χ1) is 18.4. The fraction of sp³-hybridized carbons (Fsp3) is 0.906. The zero-order chi connectivity index (χ0) is 29.3. The number of hydrogen-bond acceptors (Lipinski definition) is 5. The average Bonchev–Trinajstić information content (AvgIpc) is 3.20. The number of aliphatic hydroxyl groups is 1. The number of carbonyl (C=O) groups is 1. The van der Waals surface area contributed by atoms with Gasteiger partial charge in [0.2, 0.25) is 0 Å². The van der Waals surface area contributed by atoms with E-state index in [1.807, 2.05) is 13.8 Å². The minimum atomic E-state index is -4.60. The Bertz CT molecular complexity index is 1110. The number of rotatable bonds is 4. The first kappa shape index (κ1) is 28.8. The summed E-state index contributed by atoms with van der Waals surface area (Å²) in [7, 11) is 0. The van der Waals surface area contributed by atoms with E-state index in [0.717, 1.165) is 50.7 Å². The van der Waals surface area contributed by atoms with Crippen LogP contribution in [0.1, 0.15) is 106 Å². The van der Waals surface area contributed by atoms with E-state index in [4.69, 9.17) is 14.2 Å². The summed E-state index contributed by atoms with van der Waals surface area (Å²) in [5, 5.41) is 10.8. The Morgan fingerprint density at radius 3 is 2.35 bits per heavy atom. The lowest BCUT2D eigenvalue weighted by Crippen LogP contribution is -2.55. The smallest absolute Gasteiger partial charge is 0.491 e. The zero-order valence-electron chi connectivity index (χ0n) is 25.1. The van der Waals surface area contributed by atoms with Gasteiger partial charge in [-0.25, -0.2) is 0 Å². The van der Waals surface area contributed by atoms with Gasteiger partial charge >= 0.3 is 12.3 Å². The standard InChI is InChI=1S/C32H47F3O5/c1-17-30-15-14-29(7)20-8-10-22(26(28(5,6)37)38-18(2)36)39-23(20)16-21(29)19(30)9-11-24-27(3,4)25(40-32(33,34)35)12-13-31(17,24)30/h17,19,21-22,24-26,37H,8-16H2,1-7H3/t17-,19?,21?,22+,24?,25?,26-,29?,30?,31?/m0/s1. The van der Waals surface area contributed by atoms with Crippen molar-refractivity contribution in [2.45, 2.75) is 137 Å². The molecular formula is C32H47F3O5. The van der Waals surface area contributed by atoms with Crippen LogP contribution in [0, 0.1) is 45.3 Å². The van der Waals surface area contributed by atoms with E-state index >= 15 is 0 Å². The molecule has 0 aromatic carbocycles. The Balaban J connectivity index is 1.26. The molecule has 0 radical (unpaired) electrons. The molecule has 5 nitrogen and oxygen atoms in total. The highest BCUT2D eigenvalue weighted by atomic mass is 19.4. The molecule has 2 spiro atoms. The Hall–Kier alpha value is -1.28. The first-order valence-electron chi connectivity index (χ1n) is 15.4. The molecule has 0 saturated heterocycles. The van der Waals surface area contributed by atoms with Crippen molar-refractivity contribution in [1.82, 2.24) is 0 Å². The third kappa shape index (κ3) is 3.75. The van der Waals surface area contributed by atoms with Crippen LogP contribution in [-0.2, 0) is 19.0 Å². The van der Waals surface area contributed by atoms with Crippen LogP contribution in [0.3, 0.4) is 0 Å². The van der Waals surface area contributed by atoms with Gasteiger partial charge in [0.25, 0.3) is 0 Å². The van der Waals surface area contributed by atoms with Crippen molar-refractivity contribution in [3.05, 3.63) is 11.3 Å². The number of fused-ring (bicyclic) bond motifs is 3. The molecule has 0 bridgehead atoms. The van der Waals surface area contributed by atoms with E-state index in [-0.39, 0.29) is 28.3 Å². The van der Waals surface area contributed by atoms with Gasteiger partial charge in [0.05, 0.1) is 17.5 Å². The monoisotopic (exact) mass is 568 g/mol. The van der Waals surface area contributed by atoms with Crippen LogP contribution >= 0.6 is 0 Å². The van der Waals surface area contributed by atoms with Crippen LogP contribution in [0.5, 0.6) is 0 Å². The lowest BCUT2D eigenvalue weighted by Gasteiger charge is -2.59. The van der Waals surface area contributed by atoms with Crippen LogP contribution < -0.4 is 0 Å². The molecule has 40 heavy (non-hydrogen) atoms. The first-order valence-corrected chi connectivity index (χ1v) is 15.4. The van der Waals surface area contributed by atoms with Gasteiger partial charge < -0.3 is 14.6 Å². The molecule has 8 heteroatoms. The van der Waals surface area contributed by atoms with Gasteiger partial charge in [-0.15, -0.1) is 13.2 Å². The van der Waals surface area contributed by atoms with Gasteiger partial charge in [0.15, 0.2) is 6.10 Å². The van der Waals surface area contributed by atoms with Gasteiger partial charge in [-0.05, 0) is 116 Å². The van der Waals surface area contributed by atoms with Gasteiger partial charge in [-0.3, -0.25) is 9.53 Å². The van der Waals surface area contributed by atoms with Crippen molar-refractivity contribution in [3.8, 4) is 0 Å². The van der Waals surface area contributed by atoms with E-state index in [2.05, 4.69) is 13.8 Å². The fourth-order valence-corrected chi connectivity index (χ4v) is 11.8. The molecule has 226 valence electrons. The highest BCUT2D eigenvalue weighted by Gasteiger charge is 2.84. The molecule has 7 unspecified atom stereocenters. The lowest BCUT2D eigenvalue weighted by molar-refractivity contribution is -0.364. The van der Waals surface area contributed by atoms with E-state index in [0.29, 0.717) is 30.6 Å². The molecule has 6 rings (SSSR count). The lowest BCUT2D eigenvalue weighted by atomic mass is 9.46. The topological polar surface area (TPSA) is 65.0 Å². The molecule has 5 aliphatic carbocycles. The fourth-order valence-electron chi connectivity index (χ4n) is 11.8. The third-order valence-electron chi connectivity index (χ3n) is 13.3. The second kappa shape index (κ2) is 8.64. The van der Waals surface area contributed by atoms with Crippen LogP contribution in [-0.4, -0.2) is 41.4 Å². The second-order valence-electron chi connectivity index (χ2n) is 15.5. The minimum Gasteiger partial charge on any atom is -0.491 e. The number of ether oxygens (including phenoxy) is 3. The molecule has 6 aliphatic rings. The van der Waals surface area contributed by atoms with E-state index in [1.54, 1.807) is 13.8 Å². The minimum absolute atomic E-state index is 0.0599. The maximum absolute atomic E-state index is 13.3. The van der Waals surface area contributed by atoms with Gasteiger partial charge in [-0.2, -0.15) is 0 Å². The Labute approximate surface area is 236 Å². The molecule has 1 heterocycles. The molecule has 4 fully saturated rings. The van der Waals surface area contributed by atoms with E-state index < -0.39 is 35.6 Å². The predicted molar refractivity (Wildman–Crippen MR) is 143 cm³/mol. The SMILES string of the molecule is CC(=O)O[C@@H]([C@H]1CCC2=C(CC3C4CCC5C(C)(C)C(OC(F)(F)F)CCC56[C@@H](C)C46CCC23C)O1)C(C)(C)O. The summed E-state index contributed by atoms with van der Waals surface area (Å²) in [6.07, 6.45) is 1.45. The quantitative estimate of drug-likeness (QED) is 0.360. The molecule has 10 atom stereocenters. The van der Waals surface area contributed by atoms with Gasteiger partial charge in [-0.1, -0.05) is 27.7 Å². The summed E-state index contributed by atoms with van der Waals surface area (Å²) in [6, 6.07) is 0. The Morgan fingerprint density at radius 2 is 1.73 bits per heavy atom. The maximum Gasteiger partial charge on any atom is 0.522 e. The highest BCUT2D eigenvalue weighted by molar-refractivity contribution is 5.66. The summed E-state index contributed by atoms with van der Waals surface area (Å²) in [5.41, 5.74) is 0.00671. The summed E-state index contributed by atoms with van der Waals surface area (Å²) in [5.74, 6) is 2.33. The summed E-state index contributed by atoms with van der Waals surface area (Å²) in [4.78, 5) is 11.8. The normalized spacial score (nSPS) is 46.2. The van der Waals surface area contributed by atoms with Crippen molar-refractivity contribution in [2.75, 3.05) is 0 Å². The van der Waals surface area contributed by atoms with Crippen LogP contribution in [0.2, 0.25) is 0 Å². The largest absolute Gasteiger partial charge is 0.522 e. The summed E-state index contributed by atoms with van der Waals surface area (Å²) < 4.78 is 56.9. The summed E-state index contributed by atoms with van der Waals surface area (Å²) >= 11 is 0. The molecule has 0 aromatic heterocycles. The van der Waals surface area contributed by atoms with Crippen molar-refractivity contribution < 1.29 is 37.3 Å². The van der Waals surface area contributed by atoms with Gasteiger partial charge in [0, 0.05) is 13.3 Å². The Kier molecular flexibility index (Phi) is 6.23. The van der Waals surface area contributed by atoms with Gasteiger partial charge in [0.1, 0.15) is 6.10 Å². The van der Waals surface area contributed by atoms with E-state index in [9.17, 15) is 23.1 Å². The number of allylic oxidation sites excluding steroid dienone is 2. The number of alkyl halides is 3. The molecule has 0 aromatic rings. The van der Waals surface area contributed by atoms with Crippen LogP contribution in [0.25, 0.3) is 0 Å². The van der Waals surface area contributed by atoms with E-state index in [1.165, 1.54) is 12.5 Å². The Morgan fingerprint density at radius 1 is 1.02 bits per heavy atom. The van der Waals surface area contributed by atoms with Crippen molar-refractivity contribution in [2.24, 2.45) is 45.3 Å². The number of esters is 1. The highest BCUT2D eigenvalue weighted by Crippen LogP contribution is 2.89. The average molecular weight is 569 g/mol. The predicted octanol–water partition coefficient (Wildman–Crippen LogP) is 7.32. The molecule has 1 aliphatic heterocycles. The molecular weight excluding hydrogens is 521 g/mol. The second-order valence-corrected chi connectivity index (χ2v) is 15.5. The zero-order valence-corrected chi connectivity index (χ0v) is 25.1. The summed E-state index contributed by atoms with van der Waals surface area (Å²) in [6.45, 7) is 13.5. The van der Waals surface area contributed by atoms with Crippen molar-refractivity contribution >= 4 is 5.97 Å².